The van der Waals surface area contributed by atoms with Gasteiger partial charge in [0.1, 0.15) is 0 Å². The van der Waals surface area contributed by atoms with Gasteiger partial charge in [-0.25, -0.2) is 0 Å². The minimum atomic E-state index is -0.778. The van der Waals surface area contributed by atoms with Crippen LogP contribution in [0, 0.1) is 10.1 Å². The van der Waals surface area contributed by atoms with Crippen LogP contribution in [0.25, 0.3) is 0 Å². The van der Waals surface area contributed by atoms with E-state index in [0.717, 1.165) is 12.3 Å². The summed E-state index contributed by atoms with van der Waals surface area (Å²) in [5.41, 5.74) is -0.972. The lowest BCUT2D eigenvalue weighted by atomic mass is 10.3. The average Bonchev–Trinajstić information content (AvgIpc) is 2.03. The number of rotatable bonds is 2. The van der Waals surface area contributed by atoms with E-state index in [-0.39, 0.29) is 12.3 Å². The fraction of sp³-hybridized carbons (Fsp3) is 0.167. The number of hydrogen-bond acceptors (Lipinski definition) is 4. The zero-order valence-corrected chi connectivity index (χ0v) is 5.98. The number of aromatic nitrogens is 1. The molecule has 12 heavy (non-hydrogen) atoms. The molecule has 0 amide bonds. The topological polar surface area (TPSA) is 96.2 Å². The van der Waals surface area contributed by atoms with Gasteiger partial charge in [0.05, 0.1) is 17.7 Å². The van der Waals surface area contributed by atoms with Crippen molar-refractivity contribution in [2.75, 3.05) is 0 Å². The molecule has 0 saturated carbocycles. The van der Waals surface area contributed by atoms with Crippen LogP contribution in [0.4, 0.5) is 5.69 Å². The van der Waals surface area contributed by atoms with Gasteiger partial charge in [-0.1, -0.05) is 0 Å². The highest BCUT2D eigenvalue weighted by atomic mass is 16.6. The van der Waals surface area contributed by atoms with Gasteiger partial charge in [0, 0.05) is 11.8 Å². The maximum Gasteiger partial charge on any atom is 0.332 e. The lowest BCUT2D eigenvalue weighted by Crippen LogP contribution is -2.09. The highest BCUT2D eigenvalue weighted by Crippen LogP contribution is 2.01. The van der Waals surface area contributed by atoms with Gasteiger partial charge in [0.25, 0.3) is 5.43 Å². The molecule has 1 aromatic rings. The molecule has 0 spiro atoms. The SMILES string of the molecule is O=c1cc(CO)[nH]cc1[N+](=O)[O-]. The largest absolute Gasteiger partial charge is 0.390 e. The van der Waals surface area contributed by atoms with Crippen molar-refractivity contribution in [3.8, 4) is 0 Å². The summed E-state index contributed by atoms with van der Waals surface area (Å²) in [6.45, 7) is -0.340. The summed E-state index contributed by atoms with van der Waals surface area (Å²) in [5, 5.41) is 18.7. The van der Waals surface area contributed by atoms with Gasteiger partial charge in [0.2, 0.25) is 0 Å². The molecule has 0 atom stereocenters. The maximum absolute atomic E-state index is 10.9. The van der Waals surface area contributed by atoms with Crippen molar-refractivity contribution in [2.45, 2.75) is 6.61 Å². The highest BCUT2D eigenvalue weighted by molar-refractivity contribution is 5.26. The maximum atomic E-state index is 10.9. The van der Waals surface area contributed by atoms with Crippen LogP contribution >= 0.6 is 0 Å². The molecule has 1 heterocycles. The Morgan fingerprint density at radius 1 is 1.67 bits per heavy atom. The van der Waals surface area contributed by atoms with E-state index in [9.17, 15) is 14.9 Å². The molecule has 64 valence electrons. The molecule has 1 rings (SSSR count). The zero-order chi connectivity index (χ0) is 9.14. The predicted octanol–water partition coefficient (Wildman–Crippen LogP) is -0.225. The number of nitrogens with one attached hydrogen (secondary N) is 1. The quantitative estimate of drug-likeness (QED) is 0.473. The van der Waals surface area contributed by atoms with Crippen molar-refractivity contribution in [3.05, 3.63) is 38.3 Å². The minimum absolute atomic E-state index is 0.255. The van der Waals surface area contributed by atoms with Crippen LogP contribution in [0.5, 0.6) is 0 Å². The second-order valence-corrected chi connectivity index (χ2v) is 2.12. The lowest BCUT2D eigenvalue weighted by Gasteiger charge is -1.93. The summed E-state index contributed by atoms with van der Waals surface area (Å²) in [4.78, 5) is 22.7. The molecule has 0 aromatic carbocycles. The van der Waals surface area contributed by atoms with Crippen LogP contribution < -0.4 is 5.43 Å². The van der Waals surface area contributed by atoms with E-state index in [2.05, 4.69) is 4.98 Å². The summed E-state index contributed by atoms with van der Waals surface area (Å²) >= 11 is 0. The van der Waals surface area contributed by atoms with Crippen molar-refractivity contribution in [2.24, 2.45) is 0 Å². The van der Waals surface area contributed by atoms with Gasteiger partial charge in [-0.15, -0.1) is 0 Å². The van der Waals surface area contributed by atoms with Gasteiger partial charge < -0.3 is 10.1 Å². The summed E-state index contributed by atoms with van der Waals surface area (Å²) < 4.78 is 0. The van der Waals surface area contributed by atoms with Crippen molar-refractivity contribution >= 4 is 5.69 Å². The molecule has 1 aromatic heterocycles. The number of aliphatic hydroxyl groups is 1. The molecule has 0 saturated heterocycles. The van der Waals surface area contributed by atoms with Gasteiger partial charge in [-0.2, -0.15) is 0 Å². The third-order valence-corrected chi connectivity index (χ3v) is 1.32. The molecular weight excluding hydrogens is 164 g/mol. The number of hydrogen-bond donors (Lipinski definition) is 2. The van der Waals surface area contributed by atoms with E-state index in [0.29, 0.717) is 0 Å². The number of nitrogens with zero attached hydrogens (tertiary/aromatic N) is 1. The van der Waals surface area contributed by atoms with Gasteiger partial charge >= 0.3 is 5.69 Å². The Hall–Kier alpha value is -1.69. The van der Waals surface area contributed by atoms with Crippen molar-refractivity contribution in [1.82, 2.24) is 4.98 Å². The van der Waals surface area contributed by atoms with E-state index in [1.54, 1.807) is 0 Å². The molecule has 0 radical (unpaired) electrons. The molecule has 0 aliphatic rings. The van der Waals surface area contributed by atoms with Crippen LogP contribution in [0.3, 0.4) is 0 Å². The van der Waals surface area contributed by atoms with Crippen molar-refractivity contribution in [3.63, 3.8) is 0 Å². The lowest BCUT2D eigenvalue weighted by molar-refractivity contribution is -0.386. The molecule has 0 aliphatic heterocycles. The molecule has 0 aliphatic carbocycles. The Morgan fingerprint density at radius 3 is 2.75 bits per heavy atom. The third kappa shape index (κ3) is 1.48. The zero-order valence-electron chi connectivity index (χ0n) is 5.98. The first-order valence-electron chi connectivity index (χ1n) is 3.12. The average molecular weight is 170 g/mol. The van der Waals surface area contributed by atoms with Gasteiger partial charge in [-0.3, -0.25) is 14.9 Å². The van der Waals surface area contributed by atoms with E-state index in [4.69, 9.17) is 5.11 Å². The number of pyridine rings is 1. The van der Waals surface area contributed by atoms with Crippen LogP contribution in [0.15, 0.2) is 17.1 Å². The van der Waals surface area contributed by atoms with Crippen LogP contribution in [-0.2, 0) is 6.61 Å². The Bertz CT molecular complexity index is 357. The fourth-order valence-corrected chi connectivity index (χ4v) is 0.740. The summed E-state index contributed by atoms with van der Waals surface area (Å²) in [5.74, 6) is 0. The second kappa shape index (κ2) is 3.14. The first-order valence-corrected chi connectivity index (χ1v) is 3.12. The van der Waals surface area contributed by atoms with Crippen molar-refractivity contribution < 1.29 is 10.0 Å². The molecule has 2 N–H and O–H groups in total. The Morgan fingerprint density at radius 2 is 2.33 bits per heavy atom. The van der Waals surface area contributed by atoms with E-state index < -0.39 is 16.0 Å². The molecular formula is C6H6N2O4. The van der Waals surface area contributed by atoms with Crippen molar-refractivity contribution in [1.29, 1.82) is 0 Å². The third-order valence-electron chi connectivity index (χ3n) is 1.32. The highest BCUT2D eigenvalue weighted by Gasteiger charge is 2.10. The van der Waals surface area contributed by atoms with E-state index in [1.165, 1.54) is 0 Å². The standard InChI is InChI=1S/C6H6N2O4/c9-3-4-1-6(10)5(2-7-4)8(11)12/h1-2,9H,3H2,(H,7,10). The first-order chi connectivity index (χ1) is 5.65. The number of nitro groups is 1. The second-order valence-electron chi connectivity index (χ2n) is 2.12. The predicted molar refractivity (Wildman–Crippen MR) is 39.6 cm³/mol. The van der Waals surface area contributed by atoms with Crippen LogP contribution in [-0.4, -0.2) is 15.0 Å². The smallest absolute Gasteiger partial charge is 0.332 e. The summed E-state index contributed by atoms with van der Waals surface area (Å²) in [7, 11) is 0. The monoisotopic (exact) mass is 170 g/mol. The molecule has 0 unspecified atom stereocenters. The van der Waals surface area contributed by atoms with Crippen LogP contribution in [0.2, 0.25) is 0 Å². The Balaban J connectivity index is 3.21. The fourth-order valence-electron chi connectivity index (χ4n) is 0.740. The van der Waals surface area contributed by atoms with E-state index >= 15 is 0 Å². The van der Waals surface area contributed by atoms with Gasteiger partial charge in [0.15, 0.2) is 0 Å². The summed E-state index contributed by atoms with van der Waals surface area (Å²) in [6.07, 6.45) is 0.966. The van der Waals surface area contributed by atoms with Gasteiger partial charge in [-0.05, 0) is 0 Å². The molecule has 6 nitrogen and oxygen atoms in total. The number of H-pyrrole nitrogens is 1. The minimum Gasteiger partial charge on any atom is -0.390 e. The van der Waals surface area contributed by atoms with Crippen LogP contribution in [0.1, 0.15) is 5.69 Å². The number of aliphatic hydroxyl groups excluding tert-OH is 1. The Kier molecular flexibility index (Phi) is 2.20. The van der Waals surface area contributed by atoms with E-state index in [1.807, 2.05) is 0 Å². The summed E-state index contributed by atoms with van der Waals surface area (Å²) in [6, 6.07) is 0.998. The molecule has 0 fully saturated rings. The molecule has 6 heteroatoms. The molecule has 0 bridgehead atoms. The first kappa shape index (κ1) is 8.41. The Labute approximate surface area is 66.6 Å². The normalized spacial score (nSPS) is 9.75. The number of aromatic amines is 1.